The Labute approximate surface area is 449 Å². The van der Waals surface area contributed by atoms with Crippen LogP contribution in [0, 0.1) is 55.4 Å². The molecule has 12 aromatic rings. The fourth-order valence-corrected chi connectivity index (χ4v) is 12.1. The minimum absolute atomic E-state index is 0.144. The topological polar surface area (TPSA) is 9.86 Å². The average molecular weight is 1040 g/mol. The van der Waals surface area contributed by atoms with Crippen molar-refractivity contribution in [3.8, 4) is 67.0 Å². The zero-order chi connectivity index (χ0) is 54.7. The van der Waals surface area contributed by atoms with E-state index in [9.17, 15) is 0 Å². The van der Waals surface area contributed by atoms with Crippen molar-refractivity contribution in [3.05, 3.63) is 238 Å². The second-order valence-electron chi connectivity index (χ2n) is 21.3. The largest absolute Gasteiger partial charge is 0.418 e. The normalized spacial score (nSPS) is 12.2. The average Bonchev–Trinajstić information content (AvgIpc) is 4.10. The molecule has 12 rings (SSSR count). The second kappa shape index (κ2) is 18.5. The van der Waals surface area contributed by atoms with Crippen LogP contribution >= 0.6 is 0 Å². The second-order valence-corrected chi connectivity index (χ2v) is 21.3. The minimum atomic E-state index is -4.80. The molecule has 2 aromatic heterocycles. The predicted molar refractivity (Wildman–Crippen MR) is 310 cm³/mol. The smallest absolute Gasteiger partial charge is 0.309 e. The first-order valence-electron chi connectivity index (χ1n) is 26.1. The summed E-state index contributed by atoms with van der Waals surface area (Å²) >= 11 is 0. The van der Waals surface area contributed by atoms with E-state index < -0.39 is 23.5 Å². The molecular formula is C70H54F6N2. The molecule has 0 spiro atoms. The fraction of sp³-hybridized carbons (Fsp3) is 0.143. The van der Waals surface area contributed by atoms with Gasteiger partial charge in [-0.3, -0.25) is 0 Å². The monoisotopic (exact) mass is 1040 g/mol. The molecule has 386 valence electrons. The summed E-state index contributed by atoms with van der Waals surface area (Å²) in [5, 5.41) is 3.05. The van der Waals surface area contributed by atoms with Gasteiger partial charge in [0.05, 0.1) is 44.6 Å². The summed E-state index contributed by atoms with van der Waals surface area (Å²) in [6, 6.07) is 56.2. The number of nitrogens with zero attached hydrogens (tertiary/aromatic N) is 2. The Bertz CT molecular complexity index is 3940. The summed E-state index contributed by atoms with van der Waals surface area (Å²) in [7, 11) is 0. The predicted octanol–water partition coefficient (Wildman–Crippen LogP) is 20.7. The van der Waals surface area contributed by atoms with E-state index in [1.165, 1.54) is 24.3 Å². The van der Waals surface area contributed by atoms with Gasteiger partial charge in [-0.2, -0.15) is 26.3 Å². The molecular weight excluding hydrogens is 983 g/mol. The molecule has 8 heteroatoms. The summed E-state index contributed by atoms with van der Waals surface area (Å²) in [6.07, 6.45) is -9.59. The maximum atomic E-state index is 15.6. The van der Waals surface area contributed by atoms with Crippen LogP contribution in [0.3, 0.4) is 0 Å². The number of benzene rings is 10. The molecule has 0 amide bonds. The Kier molecular flexibility index (Phi) is 11.9. The molecule has 10 aromatic carbocycles. The van der Waals surface area contributed by atoms with Gasteiger partial charge in [0, 0.05) is 21.5 Å². The lowest BCUT2D eigenvalue weighted by molar-refractivity contribution is -0.138. The van der Waals surface area contributed by atoms with Crippen LogP contribution in [0.15, 0.2) is 182 Å². The molecule has 78 heavy (non-hydrogen) atoms. The van der Waals surface area contributed by atoms with Crippen LogP contribution < -0.4 is 0 Å². The lowest BCUT2D eigenvalue weighted by Crippen LogP contribution is -2.12. The Hall–Kier alpha value is -8.62. The van der Waals surface area contributed by atoms with E-state index in [0.717, 1.165) is 123 Å². The Morgan fingerprint density at radius 2 is 0.500 bits per heavy atom. The van der Waals surface area contributed by atoms with E-state index in [-0.39, 0.29) is 11.4 Å². The zero-order valence-corrected chi connectivity index (χ0v) is 44.5. The SMILES string of the molecule is Cc1ccc(-c2ccc3c(c2)c2cc(-c4ccc(C)cc4C)ccc2n3-c2cc(-c3ccc(C(F)(F)F)c(-n4c5ccc(-c6ccc(C)cc6C)cc5c5cc(-c6ccc(C)cc6C)ccc54)c3)ccc2C(F)(F)F)c(C)c1. The van der Waals surface area contributed by atoms with Crippen LogP contribution in [0.2, 0.25) is 0 Å². The highest BCUT2D eigenvalue weighted by Gasteiger charge is 2.37. The molecule has 0 bridgehead atoms. The molecule has 0 aliphatic carbocycles. The summed E-state index contributed by atoms with van der Waals surface area (Å²) < 4.78 is 97.2. The number of fused-ring (bicyclic) bond motifs is 6. The summed E-state index contributed by atoms with van der Waals surface area (Å²) in [5.41, 5.74) is 17.3. The van der Waals surface area contributed by atoms with E-state index in [0.29, 0.717) is 33.2 Å². The first-order chi connectivity index (χ1) is 37.2. The van der Waals surface area contributed by atoms with Crippen LogP contribution in [0.4, 0.5) is 26.3 Å². The Balaban J connectivity index is 1.09. The number of alkyl halides is 6. The third-order valence-corrected chi connectivity index (χ3v) is 15.7. The van der Waals surface area contributed by atoms with Crippen LogP contribution in [-0.4, -0.2) is 9.13 Å². The molecule has 0 fully saturated rings. The maximum absolute atomic E-state index is 15.6. The quantitative estimate of drug-likeness (QED) is 0.141. The molecule has 0 atom stereocenters. The number of rotatable bonds is 7. The van der Waals surface area contributed by atoms with Gasteiger partial charge in [0.15, 0.2) is 0 Å². The van der Waals surface area contributed by atoms with Gasteiger partial charge < -0.3 is 9.13 Å². The lowest BCUT2D eigenvalue weighted by atomic mass is 9.95. The molecule has 2 nitrogen and oxygen atoms in total. The van der Waals surface area contributed by atoms with Gasteiger partial charge in [-0.05, 0) is 206 Å². The van der Waals surface area contributed by atoms with Gasteiger partial charge in [-0.15, -0.1) is 0 Å². The van der Waals surface area contributed by atoms with E-state index in [2.05, 4.69) is 125 Å². The molecule has 0 saturated heterocycles. The number of halogens is 6. The Morgan fingerprint density at radius 3 is 0.731 bits per heavy atom. The van der Waals surface area contributed by atoms with Gasteiger partial charge in [0.25, 0.3) is 0 Å². The molecule has 0 unspecified atom stereocenters. The van der Waals surface area contributed by atoms with Crippen molar-refractivity contribution in [2.24, 2.45) is 0 Å². The highest BCUT2D eigenvalue weighted by atomic mass is 19.4. The summed E-state index contributed by atoms with van der Waals surface area (Å²) in [6.45, 7) is 16.4. The first kappa shape index (κ1) is 50.2. The maximum Gasteiger partial charge on any atom is 0.418 e. The highest BCUT2D eigenvalue weighted by Crippen LogP contribution is 2.46. The number of hydrogen-bond donors (Lipinski definition) is 0. The van der Waals surface area contributed by atoms with Crippen molar-refractivity contribution < 1.29 is 26.3 Å². The first-order valence-corrected chi connectivity index (χ1v) is 26.1. The molecule has 0 aliphatic heterocycles. The van der Waals surface area contributed by atoms with E-state index >= 15 is 26.3 Å². The fourth-order valence-electron chi connectivity index (χ4n) is 12.1. The van der Waals surface area contributed by atoms with E-state index in [1.54, 1.807) is 9.13 Å². The van der Waals surface area contributed by atoms with Gasteiger partial charge in [0.2, 0.25) is 0 Å². The van der Waals surface area contributed by atoms with Gasteiger partial charge in [-0.25, -0.2) is 0 Å². The highest BCUT2D eigenvalue weighted by molar-refractivity contribution is 6.13. The Morgan fingerprint density at radius 1 is 0.256 bits per heavy atom. The third kappa shape index (κ3) is 8.64. The van der Waals surface area contributed by atoms with Crippen molar-refractivity contribution in [2.45, 2.75) is 67.7 Å². The van der Waals surface area contributed by atoms with Gasteiger partial charge >= 0.3 is 12.4 Å². The number of aromatic nitrogens is 2. The van der Waals surface area contributed by atoms with Crippen LogP contribution in [0.5, 0.6) is 0 Å². The van der Waals surface area contributed by atoms with E-state index in [4.69, 9.17) is 0 Å². The lowest BCUT2D eigenvalue weighted by Gasteiger charge is -2.20. The number of aryl methyl sites for hydroxylation is 8. The van der Waals surface area contributed by atoms with Crippen LogP contribution in [0.25, 0.3) is 111 Å². The van der Waals surface area contributed by atoms with Crippen molar-refractivity contribution in [1.82, 2.24) is 9.13 Å². The molecule has 0 N–H and O–H groups in total. The van der Waals surface area contributed by atoms with Gasteiger partial charge in [0.1, 0.15) is 0 Å². The van der Waals surface area contributed by atoms with Crippen LogP contribution in [-0.2, 0) is 12.4 Å². The van der Waals surface area contributed by atoms with Crippen molar-refractivity contribution in [2.75, 3.05) is 0 Å². The van der Waals surface area contributed by atoms with Crippen molar-refractivity contribution in [3.63, 3.8) is 0 Å². The molecule has 0 saturated carbocycles. The van der Waals surface area contributed by atoms with Gasteiger partial charge in [-0.1, -0.05) is 131 Å². The minimum Gasteiger partial charge on any atom is -0.309 e. The summed E-state index contributed by atoms with van der Waals surface area (Å²) in [4.78, 5) is 0. The van der Waals surface area contributed by atoms with Crippen LogP contribution in [0.1, 0.15) is 55.6 Å². The van der Waals surface area contributed by atoms with Crippen molar-refractivity contribution in [1.29, 1.82) is 0 Å². The third-order valence-electron chi connectivity index (χ3n) is 15.7. The molecule has 0 aliphatic rings. The number of hydrogen-bond acceptors (Lipinski definition) is 0. The molecule has 0 radical (unpaired) electrons. The molecule has 2 heterocycles. The zero-order valence-electron chi connectivity index (χ0n) is 44.5. The van der Waals surface area contributed by atoms with E-state index in [1.807, 2.05) is 76.2 Å². The standard InChI is InChI=1S/C70H54F6N2/c1-39-9-19-53(43(5)29-39)49-15-25-63-57(33-49)58-34-50(54-20-10-40(2)30-44(54)6)16-26-64(58)77(63)67-37-47(13-23-61(67)69(71,72)73)48-14-24-62(70(74,75)76)68(38-48)78-65-27-17-51(55-21-11-41(3)31-45(55)7)35-59(65)60-36-52(18-28-66(60)78)56-22-12-42(4)32-46(56)8/h9-38H,1-8H3. The summed E-state index contributed by atoms with van der Waals surface area (Å²) in [5.74, 6) is 0. The van der Waals surface area contributed by atoms with Crippen molar-refractivity contribution >= 4 is 43.6 Å².